The van der Waals surface area contributed by atoms with Gasteiger partial charge < -0.3 is 14.8 Å². The molecule has 6 nitrogen and oxygen atoms in total. The van der Waals surface area contributed by atoms with Crippen LogP contribution in [0.4, 0.5) is 5.69 Å². The van der Waals surface area contributed by atoms with Crippen molar-refractivity contribution in [1.82, 2.24) is 4.98 Å². The lowest BCUT2D eigenvalue weighted by Crippen LogP contribution is -2.21. The second kappa shape index (κ2) is 8.52. The van der Waals surface area contributed by atoms with Gasteiger partial charge in [0.05, 0.1) is 6.61 Å². The molecule has 0 radical (unpaired) electrons. The highest BCUT2D eigenvalue weighted by molar-refractivity contribution is 6.35. The lowest BCUT2D eigenvalue weighted by Gasteiger charge is -2.09. The highest BCUT2D eigenvalue weighted by Crippen LogP contribution is 2.22. The van der Waals surface area contributed by atoms with E-state index in [4.69, 9.17) is 32.7 Å². The first kappa shape index (κ1) is 18.0. The Morgan fingerprint density at radius 1 is 1.21 bits per heavy atom. The Balaban J connectivity index is 1.95. The van der Waals surface area contributed by atoms with Crippen LogP contribution >= 0.6 is 23.2 Å². The van der Waals surface area contributed by atoms with Gasteiger partial charge in [0.1, 0.15) is 5.56 Å². The van der Waals surface area contributed by atoms with E-state index in [2.05, 4.69) is 10.3 Å². The number of carbonyl (C=O) groups is 2. The van der Waals surface area contributed by atoms with Gasteiger partial charge in [-0.3, -0.25) is 4.79 Å². The summed E-state index contributed by atoms with van der Waals surface area (Å²) in [6.45, 7) is 1.66. The van der Waals surface area contributed by atoms with Crippen LogP contribution in [-0.2, 0) is 9.53 Å². The van der Waals surface area contributed by atoms with Crippen molar-refractivity contribution in [3.8, 4) is 5.88 Å². The van der Waals surface area contributed by atoms with Crippen LogP contribution in [0.15, 0.2) is 36.5 Å². The van der Waals surface area contributed by atoms with Gasteiger partial charge in [0, 0.05) is 21.9 Å². The number of pyridine rings is 1. The summed E-state index contributed by atoms with van der Waals surface area (Å²) < 4.78 is 10.2. The van der Waals surface area contributed by atoms with Crippen LogP contribution < -0.4 is 10.1 Å². The second-order valence-electron chi connectivity index (χ2n) is 4.57. The van der Waals surface area contributed by atoms with Gasteiger partial charge in [-0.1, -0.05) is 23.2 Å². The van der Waals surface area contributed by atoms with E-state index in [9.17, 15) is 9.59 Å². The van der Waals surface area contributed by atoms with Crippen molar-refractivity contribution in [1.29, 1.82) is 0 Å². The molecule has 0 bridgehead atoms. The molecule has 2 rings (SSSR count). The van der Waals surface area contributed by atoms with E-state index < -0.39 is 18.5 Å². The van der Waals surface area contributed by atoms with Crippen LogP contribution in [0.2, 0.25) is 10.0 Å². The fourth-order valence-corrected chi connectivity index (χ4v) is 2.36. The van der Waals surface area contributed by atoms with E-state index in [1.165, 1.54) is 30.5 Å². The quantitative estimate of drug-likeness (QED) is 0.788. The summed E-state index contributed by atoms with van der Waals surface area (Å²) in [7, 11) is 0. The molecule has 0 spiro atoms. The number of nitrogens with one attached hydrogen (secondary N) is 1. The van der Waals surface area contributed by atoms with Crippen LogP contribution in [0.3, 0.4) is 0 Å². The SMILES string of the molecule is CCOc1ncccc1C(=O)OCC(=O)Nc1cc(Cl)cc(Cl)c1. The summed E-state index contributed by atoms with van der Waals surface area (Å²) in [6.07, 6.45) is 1.50. The summed E-state index contributed by atoms with van der Waals surface area (Å²) >= 11 is 11.7. The Kier molecular flexibility index (Phi) is 6.40. The Bertz CT molecular complexity index is 732. The van der Waals surface area contributed by atoms with E-state index in [1.54, 1.807) is 13.0 Å². The van der Waals surface area contributed by atoms with Crippen molar-refractivity contribution >= 4 is 40.8 Å². The van der Waals surface area contributed by atoms with Gasteiger partial charge in [-0.15, -0.1) is 0 Å². The molecular formula is C16H14Cl2N2O4. The zero-order chi connectivity index (χ0) is 17.5. The maximum Gasteiger partial charge on any atom is 0.344 e. The minimum atomic E-state index is -0.703. The monoisotopic (exact) mass is 368 g/mol. The van der Waals surface area contributed by atoms with Crippen molar-refractivity contribution in [2.45, 2.75) is 6.92 Å². The number of amides is 1. The van der Waals surface area contributed by atoms with Gasteiger partial charge in [-0.05, 0) is 37.3 Å². The molecule has 0 saturated heterocycles. The zero-order valence-electron chi connectivity index (χ0n) is 12.7. The largest absolute Gasteiger partial charge is 0.477 e. The van der Waals surface area contributed by atoms with Gasteiger partial charge in [0.25, 0.3) is 5.91 Å². The Labute approximate surface area is 148 Å². The number of ether oxygens (including phenoxy) is 2. The number of anilines is 1. The van der Waals surface area contributed by atoms with Crippen molar-refractivity contribution in [2.24, 2.45) is 0 Å². The highest BCUT2D eigenvalue weighted by atomic mass is 35.5. The molecule has 2 aromatic rings. The summed E-state index contributed by atoms with van der Waals surface area (Å²) in [5, 5.41) is 3.30. The van der Waals surface area contributed by atoms with Crippen LogP contribution in [-0.4, -0.2) is 30.1 Å². The minimum Gasteiger partial charge on any atom is -0.477 e. The number of hydrogen-bond acceptors (Lipinski definition) is 5. The molecule has 0 unspecified atom stereocenters. The molecule has 1 aromatic carbocycles. The number of aromatic nitrogens is 1. The van der Waals surface area contributed by atoms with Crippen LogP contribution in [0, 0.1) is 0 Å². The number of benzene rings is 1. The first-order chi connectivity index (χ1) is 11.5. The molecule has 0 atom stereocenters. The third-order valence-corrected chi connectivity index (χ3v) is 3.19. The third-order valence-electron chi connectivity index (χ3n) is 2.75. The molecule has 0 aliphatic rings. The number of nitrogens with zero attached hydrogens (tertiary/aromatic N) is 1. The predicted octanol–water partition coefficient (Wildman–Crippen LogP) is 3.58. The van der Waals surface area contributed by atoms with Crippen LogP contribution in [0.25, 0.3) is 0 Å². The molecule has 0 aliphatic carbocycles. The molecule has 8 heteroatoms. The normalized spacial score (nSPS) is 10.1. The van der Waals surface area contributed by atoms with Crippen molar-refractivity contribution in [2.75, 3.05) is 18.5 Å². The highest BCUT2D eigenvalue weighted by Gasteiger charge is 2.16. The maximum absolute atomic E-state index is 12.0. The van der Waals surface area contributed by atoms with Crippen LogP contribution in [0.1, 0.15) is 17.3 Å². The first-order valence-electron chi connectivity index (χ1n) is 7.00. The van der Waals surface area contributed by atoms with Crippen LogP contribution in [0.5, 0.6) is 5.88 Å². The average Bonchev–Trinajstić information content (AvgIpc) is 2.52. The fraction of sp³-hybridized carbons (Fsp3) is 0.188. The summed E-state index contributed by atoms with van der Waals surface area (Å²) in [5.74, 6) is -1.07. The van der Waals surface area contributed by atoms with E-state index in [1.807, 2.05) is 0 Å². The lowest BCUT2D eigenvalue weighted by molar-refractivity contribution is -0.119. The molecule has 1 amide bonds. The molecule has 1 aromatic heterocycles. The van der Waals surface area contributed by atoms with E-state index in [0.29, 0.717) is 22.3 Å². The number of rotatable bonds is 6. The van der Waals surface area contributed by atoms with E-state index in [-0.39, 0.29) is 11.4 Å². The number of halogens is 2. The number of hydrogen-bond donors (Lipinski definition) is 1. The Hall–Kier alpha value is -2.31. The number of esters is 1. The summed E-state index contributed by atoms with van der Waals surface area (Å²) in [6, 6.07) is 7.68. The summed E-state index contributed by atoms with van der Waals surface area (Å²) in [5.41, 5.74) is 0.558. The van der Waals surface area contributed by atoms with Crippen molar-refractivity contribution < 1.29 is 19.1 Å². The second-order valence-corrected chi connectivity index (χ2v) is 5.44. The van der Waals surface area contributed by atoms with Gasteiger partial charge in [0.15, 0.2) is 6.61 Å². The molecule has 126 valence electrons. The molecule has 1 N–H and O–H groups in total. The first-order valence-corrected chi connectivity index (χ1v) is 7.76. The molecule has 1 heterocycles. The molecule has 0 saturated carbocycles. The molecule has 0 fully saturated rings. The molecule has 24 heavy (non-hydrogen) atoms. The molecular weight excluding hydrogens is 355 g/mol. The topological polar surface area (TPSA) is 77.5 Å². The van der Waals surface area contributed by atoms with E-state index in [0.717, 1.165) is 0 Å². The van der Waals surface area contributed by atoms with Gasteiger partial charge >= 0.3 is 5.97 Å². The number of carbonyl (C=O) groups excluding carboxylic acids is 2. The molecule has 0 aliphatic heterocycles. The van der Waals surface area contributed by atoms with Gasteiger partial charge in [-0.25, -0.2) is 9.78 Å². The lowest BCUT2D eigenvalue weighted by atomic mass is 10.3. The standard InChI is InChI=1S/C16H14Cl2N2O4/c1-2-23-15-13(4-3-5-19-15)16(22)24-9-14(21)20-12-7-10(17)6-11(18)8-12/h3-8H,2,9H2,1H3,(H,20,21). The van der Waals surface area contributed by atoms with Gasteiger partial charge in [-0.2, -0.15) is 0 Å². The van der Waals surface area contributed by atoms with Crippen molar-refractivity contribution in [3.05, 3.63) is 52.1 Å². The minimum absolute atomic E-state index is 0.151. The van der Waals surface area contributed by atoms with E-state index >= 15 is 0 Å². The maximum atomic E-state index is 12.0. The average molecular weight is 369 g/mol. The predicted molar refractivity (Wildman–Crippen MR) is 90.8 cm³/mol. The Morgan fingerprint density at radius 3 is 2.58 bits per heavy atom. The third kappa shape index (κ3) is 5.11. The van der Waals surface area contributed by atoms with Crippen molar-refractivity contribution in [3.63, 3.8) is 0 Å². The zero-order valence-corrected chi connectivity index (χ0v) is 14.2. The Morgan fingerprint density at radius 2 is 1.92 bits per heavy atom. The fourth-order valence-electron chi connectivity index (χ4n) is 1.83. The van der Waals surface area contributed by atoms with Gasteiger partial charge in [0.2, 0.25) is 5.88 Å². The summed E-state index contributed by atoms with van der Waals surface area (Å²) in [4.78, 5) is 27.9. The smallest absolute Gasteiger partial charge is 0.344 e.